The number of hydrogen-bond acceptors (Lipinski definition) is 4. The molecule has 3 rings (SSSR count). The molecule has 0 bridgehead atoms. The summed E-state index contributed by atoms with van der Waals surface area (Å²) in [5.74, 6) is 0.924. The summed E-state index contributed by atoms with van der Waals surface area (Å²) < 4.78 is 0. The second-order valence-electron chi connectivity index (χ2n) is 5.20. The van der Waals surface area contributed by atoms with Gasteiger partial charge in [-0.25, -0.2) is 0 Å². The first-order valence-electron chi connectivity index (χ1n) is 7.04. The number of aryl methyl sites for hydroxylation is 1. The first-order valence-corrected chi connectivity index (χ1v) is 7.04. The highest BCUT2D eigenvalue weighted by molar-refractivity contribution is 5.92. The van der Waals surface area contributed by atoms with Gasteiger partial charge in [0.05, 0.1) is 5.69 Å². The zero-order chi connectivity index (χ0) is 13.1. The first kappa shape index (κ1) is 12.4. The SMILES string of the molecule is Cc1nnc(NC2CCCNCC2)c2ccccc12. The van der Waals surface area contributed by atoms with E-state index in [0.29, 0.717) is 6.04 Å². The van der Waals surface area contributed by atoms with E-state index < -0.39 is 0 Å². The van der Waals surface area contributed by atoms with E-state index in [1.165, 1.54) is 23.6 Å². The Labute approximate surface area is 113 Å². The fourth-order valence-corrected chi connectivity index (χ4v) is 2.70. The predicted octanol–water partition coefficient (Wildman–Crippen LogP) is 2.49. The smallest absolute Gasteiger partial charge is 0.156 e. The number of hydrogen-bond donors (Lipinski definition) is 2. The molecule has 1 aromatic carbocycles. The molecule has 19 heavy (non-hydrogen) atoms. The minimum atomic E-state index is 0.496. The summed E-state index contributed by atoms with van der Waals surface area (Å²) in [5.41, 5.74) is 0.990. The van der Waals surface area contributed by atoms with Crippen molar-refractivity contribution in [3.05, 3.63) is 30.0 Å². The molecule has 1 fully saturated rings. The Bertz CT molecular complexity index is 559. The standard InChI is InChI=1S/C15H20N4/c1-11-13-6-2-3-7-14(13)15(19-18-11)17-12-5-4-9-16-10-8-12/h2-3,6-7,12,16H,4-5,8-10H2,1H3,(H,17,19). The van der Waals surface area contributed by atoms with Gasteiger partial charge in [0.2, 0.25) is 0 Å². The van der Waals surface area contributed by atoms with Crippen LogP contribution in [0.25, 0.3) is 10.8 Å². The lowest BCUT2D eigenvalue weighted by Crippen LogP contribution is -2.22. The average molecular weight is 256 g/mol. The van der Waals surface area contributed by atoms with Gasteiger partial charge in [-0.15, -0.1) is 5.10 Å². The van der Waals surface area contributed by atoms with Crippen molar-refractivity contribution in [3.8, 4) is 0 Å². The summed E-state index contributed by atoms with van der Waals surface area (Å²) in [6.45, 7) is 4.21. The zero-order valence-corrected chi connectivity index (χ0v) is 11.3. The molecule has 1 aromatic heterocycles. The molecule has 1 aliphatic rings. The van der Waals surface area contributed by atoms with Crippen molar-refractivity contribution in [1.29, 1.82) is 0 Å². The van der Waals surface area contributed by atoms with Gasteiger partial charge in [0.1, 0.15) is 0 Å². The summed E-state index contributed by atoms with van der Waals surface area (Å²) >= 11 is 0. The first-order chi connectivity index (χ1) is 9.34. The summed E-state index contributed by atoms with van der Waals surface area (Å²) in [4.78, 5) is 0. The van der Waals surface area contributed by atoms with Gasteiger partial charge in [0.25, 0.3) is 0 Å². The number of anilines is 1. The van der Waals surface area contributed by atoms with Gasteiger partial charge in [-0.1, -0.05) is 24.3 Å². The molecule has 4 nitrogen and oxygen atoms in total. The zero-order valence-electron chi connectivity index (χ0n) is 11.3. The topological polar surface area (TPSA) is 49.8 Å². The molecular weight excluding hydrogens is 236 g/mol. The molecule has 4 heteroatoms. The monoisotopic (exact) mass is 256 g/mol. The van der Waals surface area contributed by atoms with E-state index in [9.17, 15) is 0 Å². The number of nitrogens with one attached hydrogen (secondary N) is 2. The van der Waals surface area contributed by atoms with Crippen molar-refractivity contribution in [3.63, 3.8) is 0 Å². The van der Waals surface area contributed by atoms with E-state index in [1.807, 2.05) is 6.92 Å². The van der Waals surface area contributed by atoms with Crippen LogP contribution in [0, 0.1) is 6.92 Å². The van der Waals surface area contributed by atoms with Crippen LogP contribution in [-0.2, 0) is 0 Å². The minimum Gasteiger partial charge on any atom is -0.365 e. The van der Waals surface area contributed by atoms with Crippen LogP contribution in [0.3, 0.4) is 0 Å². The van der Waals surface area contributed by atoms with Crippen molar-refractivity contribution in [2.24, 2.45) is 0 Å². The molecule has 2 N–H and O–H groups in total. The summed E-state index contributed by atoms with van der Waals surface area (Å²) in [7, 11) is 0. The lowest BCUT2D eigenvalue weighted by Gasteiger charge is -2.17. The maximum absolute atomic E-state index is 4.35. The van der Waals surface area contributed by atoms with Crippen LogP contribution in [0.4, 0.5) is 5.82 Å². The molecule has 0 spiro atoms. The molecule has 100 valence electrons. The van der Waals surface area contributed by atoms with Crippen molar-refractivity contribution >= 4 is 16.6 Å². The third kappa shape index (κ3) is 2.68. The van der Waals surface area contributed by atoms with E-state index >= 15 is 0 Å². The van der Waals surface area contributed by atoms with Crippen LogP contribution >= 0.6 is 0 Å². The lowest BCUT2D eigenvalue weighted by molar-refractivity contribution is 0.634. The average Bonchev–Trinajstić information content (AvgIpc) is 2.71. The molecule has 2 aromatic rings. The van der Waals surface area contributed by atoms with E-state index in [-0.39, 0.29) is 0 Å². The van der Waals surface area contributed by atoms with Gasteiger partial charge in [0.15, 0.2) is 5.82 Å². The van der Waals surface area contributed by atoms with Gasteiger partial charge in [-0.3, -0.25) is 0 Å². The van der Waals surface area contributed by atoms with Crippen LogP contribution in [0.15, 0.2) is 24.3 Å². The quantitative estimate of drug-likeness (QED) is 0.866. The molecule has 1 atom stereocenters. The van der Waals surface area contributed by atoms with Crippen LogP contribution in [0.1, 0.15) is 25.0 Å². The van der Waals surface area contributed by atoms with Crippen molar-refractivity contribution < 1.29 is 0 Å². The Kier molecular flexibility index (Phi) is 3.60. The van der Waals surface area contributed by atoms with Crippen LogP contribution in [0.5, 0.6) is 0 Å². The second kappa shape index (κ2) is 5.53. The minimum absolute atomic E-state index is 0.496. The van der Waals surface area contributed by atoms with E-state index in [4.69, 9.17) is 0 Å². The molecule has 1 aliphatic heterocycles. The molecule has 0 amide bonds. The van der Waals surface area contributed by atoms with Crippen LogP contribution in [0.2, 0.25) is 0 Å². The van der Waals surface area contributed by atoms with Gasteiger partial charge in [0, 0.05) is 16.8 Å². The summed E-state index contributed by atoms with van der Waals surface area (Å²) in [6, 6.07) is 8.84. The van der Waals surface area contributed by atoms with Crippen LogP contribution < -0.4 is 10.6 Å². The fraction of sp³-hybridized carbons (Fsp3) is 0.467. The Morgan fingerprint density at radius 2 is 1.95 bits per heavy atom. The van der Waals surface area contributed by atoms with Gasteiger partial charge in [-0.05, 0) is 39.3 Å². The Hall–Kier alpha value is -1.68. The largest absolute Gasteiger partial charge is 0.365 e. The van der Waals surface area contributed by atoms with E-state index in [0.717, 1.165) is 31.0 Å². The highest BCUT2D eigenvalue weighted by atomic mass is 15.2. The number of nitrogens with zero attached hydrogens (tertiary/aromatic N) is 2. The van der Waals surface area contributed by atoms with Crippen molar-refractivity contribution in [1.82, 2.24) is 15.5 Å². The maximum Gasteiger partial charge on any atom is 0.156 e. The van der Waals surface area contributed by atoms with E-state index in [2.05, 4.69) is 45.1 Å². The van der Waals surface area contributed by atoms with Crippen LogP contribution in [-0.4, -0.2) is 29.3 Å². The lowest BCUT2D eigenvalue weighted by atomic mass is 10.1. The van der Waals surface area contributed by atoms with Gasteiger partial charge in [-0.2, -0.15) is 5.10 Å². The highest BCUT2D eigenvalue weighted by Crippen LogP contribution is 2.24. The summed E-state index contributed by atoms with van der Waals surface area (Å²) in [5, 5.41) is 18.0. The van der Waals surface area contributed by atoms with Gasteiger partial charge >= 0.3 is 0 Å². The number of aromatic nitrogens is 2. The molecule has 0 aliphatic carbocycles. The highest BCUT2D eigenvalue weighted by Gasteiger charge is 2.14. The Morgan fingerprint density at radius 3 is 2.84 bits per heavy atom. The normalized spacial score (nSPS) is 20.2. The Balaban J connectivity index is 1.90. The van der Waals surface area contributed by atoms with Crippen molar-refractivity contribution in [2.75, 3.05) is 18.4 Å². The molecular formula is C15H20N4. The third-order valence-corrected chi connectivity index (χ3v) is 3.79. The second-order valence-corrected chi connectivity index (χ2v) is 5.20. The number of rotatable bonds is 2. The maximum atomic E-state index is 4.35. The predicted molar refractivity (Wildman–Crippen MR) is 78.4 cm³/mol. The molecule has 0 radical (unpaired) electrons. The van der Waals surface area contributed by atoms with Gasteiger partial charge < -0.3 is 10.6 Å². The van der Waals surface area contributed by atoms with E-state index in [1.54, 1.807) is 0 Å². The Morgan fingerprint density at radius 1 is 1.11 bits per heavy atom. The number of fused-ring (bicyclic) bond motifs is 1. The summed E-state index contributed by atoms with van der Waals surface area (Å²) in [6.07, 6.45) is 3.55. The molecule has 2 heterocycles. The molecule has 1 saturated heterocycles. The molecule has 1 unspecified atom stereocenters. The number of benzene rings is 1. The fourth-order valence-electron chi connectivity index (χ4n) is 2.70. The molecule has 0 saturated carbocycles. The third-order valence-electron chi connectivity index (χ3n) is 3.79. The van der Waals surface area contributed by atoms with Crippen molar-refractivity contribution in [2.45, 2.75) is 32.2 Å².